The van der Waals surface area contributed by atoms with E-state index in [1.165, 1.54) is 6.42 Å². The molecule has 6 heteroatoms. The number of rotatable bonds is 4. The third kappa shape index (κ3) is 2.82. The Morgan fingerprint density at radius 1 is 1.36 bits per heavy atom. The van der Waals surface area contributed by atoms with Gasteiger partial charge in [0.2, 0.25) is 0 Å². The molecule has 0 aliphatic carbocycles. The van der Waals surface area contributed by atoms with E-state index in [2.05, 4.69) is 27.1 Å². The average Bonchev–Trinajstić information content (AvgIpc) is 3.34. The fourth-order valence-electron chi connectivity index (χ4n) is 3.71. The van der Waals surface area contributed by atoms with Crippen LogP contribution in [-0.4, -0.2) is 46.1 Å². The molecule has 25 heavy (non-hydrogen) atoms. The Labute approximate surface area is 146 Å². The minimum atomic E-state index is -0.0689. The maximum absolute atomic E-state index is 13.0. The number of aromatic amines is 2. The van der Waals surface area contributed by atoms with E-state index < -0.39 is 0 Å². The summed E-state index contributed by atoms with van der Waals surface area (Å²) in [6.07, 6.45) is 4.19. The lowest BCUT2D eigenvalue weighted by atomic mass is 10.1. The first-order valence-corrected chi connectivity index (χ1v) is 8.82. The van der Waals surface area contributed by atoms with Gasteiger partial charge in [0.05, 0.1) is 11.7 Å². The van der Waals surface area contributed by atoms with Crippen molar-refractivity contribution in [1.82, 2.24) is 20.1 Å². The normalized spacial score (nSPS) is 18.1. The van der Waals surface area contributed by atoms with Gasteiger partial charge in [0, 0.05) is 29.3 Å². The van der Waals surface area contributed by atoms with E-state index >= 15 is 0 Å². The van der Waals surface area contributed by atoms with E-state index in [1.54, 1.807) is 4.90 Å². The van der Waals surface area contributed by atoms with Gasteiger partial charge in [-0.25, -0.2) is 0 Å². The van der Waals surface area contributed by atoms with Crippen LogP contribution in [0.3, 0.4) is 0 Å². The molecule has 3 aromatic rings. The van der Waals surface area contributed by atoms with Gasteiger partial charge in [0.15, 0.2) is 5.69 Å². The van der Waals surface area contributed by atoms with Crippen LogP contribution >= 0.6 is 0 Å². The number of nitrogens with zero attached hydrogens (tertiary/aromatic N) is 3. The van der Waals surface area contributed by atoms with Crippen molar-refractivity contribution in [2.75, 3.05) is 25.0 Å². The van der Waals surface area contributed by atoms with Crippen molar-refractivity contribution in [1.29, 1.82) is 0 Å². The lowest BCUT2D eigenvalue weighted by Gasteiger charge is -2.20. The van der Waals surface area contributed by atoms with Gasteiger partial charge in [-0.3, -0.25) is 14.8 Å². The molecule has 0 bridgehead atoms. The number of carbonyl (C=O) groups is 1. The van der Waals surface area contributed by atoms with Gasteiger partial charge in [-0.15, -0.1) is 0 Å². The fourth-order valence-corrected chi connectivity index (χ4v) is 3.71. The van der Waals surface area contributed by atoms with Gasteiger partial charge in [-0.05, 0) is 63.7 Å². The molecule has 1 amide bonds. The number of H-pyrrole nitrogens is 2. The number of benzene rings is 1. The number of carbonyl (C=O) groups excluding carboxylic acids is 1. The van der Waals surface area contributed by atoms with Crippen LogP contribution in [0.25, 0.3) is 10.9 Å². The van der Waals surface area contributed by atoms with Crippen LogP contribution in [0.1, 0.15) is 42.0 Å². The SMILES string of the molecule is CCN(C(=O)c1cc(C2CCCN2C)[nH]n1)c1ccc2[nH]ccc2c1. The summed E-state index contributed by atoms with van der Waals surface area (Å²) in [5.41, 5.74) is 3.47. The van der Waals surface area contributed by atoms with Crippen LogP contribution in [0.15, 0.2) is 36.5 Å². The van der Waals surface area contributed by atoms with Gasteiger partial charge in [-0.1, -0.05) is 0 Å². The van der Waals surface area contributed by atoms with Gasteiger partial charge in [0.1, 0.15) is 0 Å². The molecule has 1 saturated heterocycles. The monoisotopic (exact) mass is 337 g/mol. The molecule has 1 unspecified atom stereocenters. The third-order valence-electron chi connectivity index (χ3n) is 5.11. The van der Waals surface area contributed by atoms with E-state index in [1.807, 2.05) is 43.5 Å². The number of aromatic nitrogens is 3. The predicted molar refractivity (Wildman–Crippen MR) is 98.8 cm³/mol. The highest BCUT2D eigenvalue weighted by Crippen LogP contribution is 2.30. The summed E-state index contributed by atoms with van der Waals surface area (Å²) in [7, 11) is 2.12. The molecule has 130 valence electrons. The summed E-state index contributed by atoms with van der Waals surface area (Å²) in [6, 6.07) is 10.3. The minimum Gasteiger partial charge on any atom is -0.361 e. The molecule has 6 nitrogen and oxygen atoms in total. The predicted octanol–water partition coefficient (Wildman–Crippen LogP) is 3.32. The molecular formula is C19H23N5O. The zero-order valence-electron chi connectivity index (χ0n) is 14.6. The van der Waals surface area contributed by atoms with Crippen molar-refractivity contribution in [2.24, 2.45) is 0 Å². The topological polar surface area (TPSA) is 68.0 Å². The molecule has 2 N–H and O–H groups in total. The molecule has 1 aromatic carbocycles. The van der Waals surface area contributed by atoms with Crippen LogP contribution in [0, 0.1) is 0 Å². The Bertz CT molecular complexity index is 896. The quantitative estimate of drug-likeness (QED) is 0.767. The van der Waals surface area contributed by atoms with Crippen molar-refractivity contribution in [3.8, 4) is 0 Å². The third-order valence-corrected chi connectivity index (χ3v) is 5.11. The van der Waals surface area contributed by atoms with E-state index in [4.69, 9.17) is 0 Å². The second-order valence-electron chi connectivity index (χ2n) is 6.65. The van der Waals surface area contributed by atoms with Crippen molar-refractivity contribution in [3.05, 3.63) is 47.9 Å². The maximum atomic E-state index is 13.0. The number of fused-ring (bicyclic) bond motifs is 1. The van der Waals surface area contributed by atoms with Crippen LogP contribution in [-0.2, 0) is 0 Å². The lowest BCUT2D eigenvalue weighted by molar-refractivity contribution is 0.0983. The number of hydrogen-bond acceptors (Lipinski definition) is 3. The number of amides is 1. The summed E-state index contributed by atoms with van der Waals surface area (Å²) in [5.74, 6) is -0.0689. The van der Waals surface area contributed by atoms with Crippen molar-refractivity contribution in [2.45, 2.75) is 25.8 Å². The number of hydrogen-bond donors (Lipinski definition) is 2. The Morgan fingerprint density at radius 2 is 2.24 bits per heavy atom. The summed E-state index contributed by atoms with van der Waals surface area (Å²) in [5, 5.41) is 8.46. The molecule has 0 saturated carbocycles. The largest absolute Gasteiger partial charge is 0.361 e. The lowest BCUT2D eigenvalue weighted by Crippen LogP contribution is -2.30. The van der Waals surface area contributed by atoms with E-state index in [-0.39, 0.29) is 5.91 Å². The molecule has 0 spiro atoms. The smallest absolute Gasteiger partial charge is 0.278 e. The summed E-state index contributed by atoms with van der Waals surface area (Å²) >= 11 is 0. The molecule has 1 aliphatic rings. The van der Waals surface area contributed by atoms with Crippen LogP contribution in [0.2, 0.25) is 0 Å². The van der Waals surface area contributed by atoms with Crippen LogP contribution in [0.5, 0.6) is 0 Å². The minimum absolute atomic E-state index is 0.0689. The first-order chi connectivity index (χ1) is 12.2. The Balaban J connectivity index is 1.60. The summed E-state index contributed by atoms with van der Waals surface area (Å²) < 4.78 is 0. The van der Waals surface area contributed by atoms with Gasteiger partial charge >= 0.3 is 0 Å². The van der Waals surface area contributed by atoms with E-state index in [9.17, 15) is 4.79 Å². The molecule has 1 fully saturated rings. The maximum Gasteiger partial charge on any atom is 0.278 e. The van der Waals surface area contributed by atoms with Crippen molar-refractivity contribution >= 4 is 22.5 Å². The molecule has 1 atom stereocenters. The fraction of sp³-hybridized carbons (Fsp3) is 0.368. The second-order valence-corrected chi connectivity index (χ2v) is 6.65. The summed E-state index contributed by atoms with van der Waals surface area (Å²) in [6.45, 7) is 3.67. The number of likely N-dealkylation sites (tertiary alicyclic amines) is 1. The standard InChI is InChI=1S/C19H23N5O/c1-3-24(14-6-7-15-13(11-14)8-9-20-15)19(25)17-12-16(21-22-17)18-5-4-10-23(18)2/h6-9,11-12,18,20H,3-5,10H2,1-2H3,(H,21,22). The van der Waals surface area contributed by atoms with Crippen LogP contribution < -0.4 is 4.90 Å². The molecule has 1 aliphatic heterocycles. The Morgan fingerprint density at radius 3 is 3.00 bits per heavy atom. The van der Waals surface area contributed by atoms with Gasteiger partial charge < -0.3 is 9.88 Å². The van der Waals surface area contributed by atoms with E-state index in [0.29, 0.717) is 18.3 Å². The highest BCUT2D eigenvalue weighted by Gasteiger charge is 2.26. The first-order valence-electron chi connectivity index (χ1n) is 8.82. The highest BCUT2D eigenvalue weighted by molar-refractivity contribution is 6.05. The number of nitrogens with one attached hydrogen (secondary N) is 2. The van der Waals surface area contributed by atoms with Gasteiger partial charge in [0.25, 0.3) is 5.91 Å². The van der Waals surface area contributed by atoms with Gasteiger partial charge in [-0.2, -0.15) is 5.10 Å². The zero-order valence-corrected chi connectivity index (χ0v) is 14.6. The van der Waals surface area contributed by atoms with Crippen molar-refractivity contribution < 1.29 is 4.79 Å². The first kappa shape index (κ1) is 15.9. The molecular weight excluding hydrogens is 314 g/mol. The highest BCUT2D eigenvalue weighted by atomic mass is 16.2. The zero-order chi connectivity index (χ0) is 17.4. The molecule has 0 radical (unpaired) electrons. The average molecular weight is 337 g/mol. The van der Waals surface area contributed by atoms with Crippen LogP contribution in [0.4, 0.5) is 5.69 Å². The summed E-state index contributed by atoms with van der Waals surface area (Å²) in [4.78, 5) is 20.2. The number of anilines is 1. The second kappa shape index (κ2) is 6.37. The molecule has 4 rings (SSSR count). The van der Waals surface area contributed by atoms with Crippen molar-refractivity contribution in [3.63, 3.8) is 0 Å². The molecule has 2 aromatic heterocycles. The molecule has 3 heterocycles. The van der Waals surface area contributed by atoms with E-state index in [0.717, 1.165) is 35.2 Å². The Hall–Kier alpha value is -2.60. The Kier molecular flexibility index (Phi) is 4.05.